The quantitative estimate of drug-likeness (QED) is 0.870. The highest BCUT2D eigenvalue weighted by Gasteiger charge is 2.46. The van der Waals surface area contributed by atoms with Crippen molar-refractivity contribution in [2.75, 3.05) is 0 Å². The lowest BCUT2D eigenvalue weighted by atomic mass is 10.1. The van der Waals surface area contributed by atoms with Gasteiger partial charge < -0.3 is 5.11 Å². The number of aliphatic hydroxyl groups is 1. The molecular formula is C12H13F4N3O. The molecule has 20 heavy (non-hydrogen) atoms. The van der Waals surface area contributed by atoms with Crippen molar-refractivity contribution in [3.05, 3.63) is 17.0 Å². The van der Waals surface area contributed by atoms with Gasteiger partial charge in [0.2, 0.25) is 0 Å². The van der Waals surface area contributed by atoms with E-state index in [1.165, 1.54) is 0 Å². The molecule has 0 amide bonds. The van der Waals surface area contributed by atoms with Crippen LogP contribution in [0.4, 0.5) is 17.6 Å². The molecule has 1 heterocycles. The molecule has 0 aromatic carbocycles. The minimum absolute atomic E-state index is 0.0717. The Labute approximate surface area is 112 Å². The van der Waals surface area contributed by atoms with Crippen molar-refractivity contribution in [2.45, 2.75) is 44.8 Å². The van der Waals surface area contributed by atoms with Crippen molar-refractivity contribution in [2.24, 2.45) is 5.92 Å². The first-order valence-corrected chi connectivity index (χ1v) is 6.14. The topological polar surface area (TPSA) is 61.8 Å². The number of aryl methyl sites for hydroxylation is 1. The van der Waals surface area contributed by atoms with E-state index in [-0.39, 0.29) is 24.6 Å². The van der Waals surface area contributed by atoms with Crippen molar-refractivity contribution in [3.63, 3.8) is 0 Å². The van der Waals surface area contributed by atoms with E-state index in [9.17, 15) is 22.7 Å². The Morgan fingerprint density at radius 1 is 1.55 bits per heavy atom. The van der Waals surface area contributed by atoms with Crippen molar-refractivity contribution in [1.29, 1.82) is 5.26 Å². The summed E-state index contributed by atoms with van der Waals surface area (Å²) < 4.78 is 53.1. The number of aliphatic hydroxyl groups excluding tert-OH is 1. The number of fused-ring (bicyclic) bond motifs is 1. The standard InChI is InChI=1S/C12H13F4N3O/c1-6(5-17)2-3-19-8-4-7(13)10(20)9(8)11(18-19)12(14,15)16/h6-7,10,20H,2-4H2,1H3/t6?,7-,10-/m1/s1. The van der Waals surface area contributed by atoms with Crippen LogP contribution < -0.4 is 0 Å². The predicted molar refractivity (Wildman–Crippen MR) is 60.2 cm³/mol. The average Bonchev–Trinajstić information content (AvgIpc) is 2.85. The minimum atomic E-state index is -4.73. The van der Waals surface area contributed by atoms with E-state index in [2.05, 4.69) is 5.10 Å². The molecule has 0 bridgehead atoms. The average molecular weight is 291 g/mol. The van der Waals surface area contributed by atoms with Crippen molar-refractivity contribution in [1.82, 2.24) is 9.78 Å². The number of alkyl halides is 4. The van der Waals surface area contributed by atoms with Crippen LogP contribution in [-0.4, -0.2) is 21.1 Å². The molecule has 0 radical (unpaired) electrons. The largest absolute Gasteiger partial charge is 0.435 e. The Hall–Kier alpha value is -1.62. The molecule has 1 N–H and O–H groups in total. The van der Waals surface area contributed by atoms with Crippen LogP contribution >= 0.6 is 0 Å². The monoisotopic (exact) mass is 291 g/mol. The van der Waals surface area contributed by atoms with Crippen LogP contribution in [0.25, 0.3) is 0 Å². The Morgan fingerprint density at radius 3 is 2.75 bits per heavy atom. The van der Waals surface area contributed by atoms with Gasteiger partial charge in [-0.15, -0.1) is 0 Å². The summed E-state index contributed by atoms with van der Waals surface area (Å²) in [5, 5.41) is 21.7. The zero-order valence-corrected chi connectivity index (χ0v) is 10.7. The molecule has 1 aromatic rings. The summed E-state index contributed by atoms with van der Waals surface area (Å²) in [6.45, 7) is 1.73. The first-order chi connectivity index (χ1) is 9.25. The minimum Gasteiger partial charge on any atom is -0.385 e. The van der Waals surface area contributed by atoms with Gasteiger partial charge in [0.05, 0.1) is 6.07 Å². The van der Waals surface area contributed by atoms with Gasteiger partial charge in [-0.1, -0.05) is 0 Å². The van der Waals surface area contributed by atoms with E-state index in [0.717, 1.165) is 4.68 Å². The molecule has 1 aromatic heterocycles. The fraction of sp³-hybridized carbons (Fsp3) is 0.667. The maximum Gasteiger partial charge on any atom is 0.435 e. The van der Waals surface area contributed by atoms with E-state index in [0.29, 0.717) is 6.42 Å². The Bertz CT molecular complexity index is 546. The van der Waals surface area contributed by atoms with Gasteiger partial charge in [-0.3, -0.25) is 4.68 Å². The SMILES string of the molecule is CC(C#N)CCn1nc(C(F)(F)F)c2c1C[C@@H](F)[C@H]2O. The highest BCUT2D eigenvalue weighted by molar-refractivity contribution is 5.36. The Balaban J connectivity index is 2.36. The molecular weight excluding hydrogens is 278 g/mol. The first kappa shape index (κ1) is 14.8. The molecule has 8 heteroatoms. The molecule has 110 valence electrons. The summed E-state index contributed by atoms with van der Waals surface area (Å²) in [7, 11) is 0. The normalized spacial score (nSPS) is 23.4. The Kier molecular flexibility index (Phi) is 3.73. The van der Waals surface area contributed by atoms with Gasteiger partial charge in [0.1, 0.15) is 12.3 Å². The first-order valence-electron chi connectivity index (χ1n) is 6.14. The van der Waals surface area contributed by atoms with Crippen LogP contribution in [0.1, 0.15) is 36.4 Å². The van der Waals surface area contributed by atoms with Crippen LogP contribution in [0.3, 0.4) is 0 Å². The third kappa shape index (κ3) is 2.50. The smallest absolute Gasteiger partial charge is 0.385 e. The molecule has 0 spiro atoms. The number of aromatic nitrogens is 2. The summed E-state index contributed by atoms with van der Waals surface area (Å²) in [6, 6.07) is 1.97. The van der Waals surface area contributed by atoms with Gasteiger partial charge in [-0.05, 0) is 13.3 Å². The van der Waals surface area contributed by atoms with E-state index >= 15 is 0 Å². The van der Waals surface area contributed by atoms with Crippen molar-refractivity contribution < 1.29 is 22.7 Å². The van der Waals surface area contributed by atoms with Crippen LogP contribution in [0.2, 0.25) is 0 Å². The van der Waals surface area contributed by atoms with E-state index in [4.69, 9.17) is 5.26 Å². The summed E-state index contributed by atoms with van der Waals surface area (Å²) in [6.07, 6.45) is -8.25. The second-order valence-electron chi connectivity index (χ2n) is 4.91. The third-order valence-corrected chi connectivity index (χ3v) is 3.39. The molecule has 2 rings (SSSR count). The number of hydrogen-bond acceptors (Lipinski definition) is 3. The van der Waals surface area contributed by atoms with Gasteiger partial charge in [-0.25, -0.2) is 4.39 Å². The van der Waals surface area contributed by atoms with Crippen molar-refractivity contribution >= 4 is 0 Å². The lowest BCUT2D eigenvalue weighted by molar-refractivity contribution is -0.143. The van der Waals surface area contributed by atoms with E-state index in [1.807, 2.05) is 6.07 Å². The van der Waals surface area contributed by atoms with Crippen LogP contribution in [0.15, 0.2) is 0 Å². The van der Waals surface area contributed by atoms with Crippen LogP contribution in [0.5, 0.6) is 0 Å². The summed E-state index contributed by atoms with van der Waals surface area (Å²) in [4.78, 5) is 0. The zero-order chi connectivity index (χ0) is 15.1. The maximum atomic E-state index is 13.4. The van der Waals surface area contributed by atoms with Gasteiger partial charge in [0.25, 0.3) is 0 Å². The lowest BCUT2D eigenvalue weighted by Gasteiger charge is -2.10. The third-order valence-electron chi connectivity index (χ3n) is 3.39. The van der Waals surface area contributed by atoms with Gasteiger partial charge >= 0.3 is 6.18 Å². The van der Waals surface area contributed by atoms with Crippen molar-refractivity contribution in [3.8, 4) is 6.07 Å². The van der Waals surface area contributed by atoms with Crippen LogP contribution in [0, 0.1) is 17.2 Å². The molecule has 0 fully saturated rings. The maximum absolute atomic E-state index is 13.4. The highest BCUT2D eigenvalue weighted by Crippen LogP contribution is 2.42. The molecule has 0 saturated carbocycles. The summed E-state index contributed by atoms with van der Waals surface area (Å²) in [5.74, 6) is -0.336. The lowest BCUT2D eigenvalue weighted by Crippen LogP contribution is -2.16. The summed E-state index contributed by atoms with van der Waals surface area (Å²) in [5.41, 5.74) is -1.62. The number of nitriles is 1. The number of hydrogen-bond donors (Lipinski definition) is 1. The second kappa shape index (κ2) is 5.05. The molecule has 1 unspecified atom stereocenters. The molecule has 1 aliphatic carbocycles. The number of halogens is 4. The van der Waals surface area contributed by atoms with Gasteiger partial charge in [-0.2, -0.15) is 23.5 Å². The van der Waals surface area contributed by atoms with E-state index < -0.39 is 29.7 Å². The molecule has 0 saturated heterocycles. The van der Waals surface area contributed by atoms with Crippen LogP contribution in [-0.2, 0) is 19.1 Å². The molecule has 3 atom stereocenters. The molecule has 0 aliphatic heterocycles. The summed E-state index contributed by atoms with van der Waals surface area (Å²) >= 11 is 0. The molecule has 1 aliphatic rings. The highest BCUT2D eigenvalue weighted by atomic mass is 19.4. The van der Waals surface area contributed by atoms with E-state index in [1.54, 1.807) is 6.92 Å². The number of rotatable bonds is 3. The second-order valence-corrected chi connectivity index (χ2v) is 4.91. The fourth-order valence-corrected chi connectivity index (χ4v) is 2.29. The zero-order valence-electron chi connectivity index (χ0n) is 10.7. The number of nitrogens with zero attached hydrogens (tertiary/aromatic N) is 3. The fourth-order valence-electron chi connectivity index (χ4n) is 2.29. The predicted octanol–water partition coefficient (Wildman–Crippen LogP) is 2.38. The van der Waals surface area contributed by atoms with Gasteiger partial charge in [0, 0.05) is 30.1 Å². The Morgan fingerprint density at radius 2 is 2.20 bits per heavy atom. The van der Waals surface area contributed by atoms with Gasteiger partial charge in [0.15, 0.2) is 5.69 Å². The molecule has 4 nitrogen and oxygen atoms in total.